The lowest BCUT2D eigenvalue weighted by molar-refractivity contribution is 0.498. The fourth-order valence-corrected chi connectivity index (χ4v) is 2.34. The van der Waals surface area contributed by atoms with Crippen LogP contribution in [-0.4, -0.2) is 24.4 Å². The normalized spacial score (nSPS) is 11.9. The van der Waals surface area contributed by atoms with Crippen LogP contribution in [0.15, 0.2) is 29.2 Å². The number of rotatable bonds is 5. The number of likely N-dealkylation sites (N-methyl/N-ethyl adjacent to an activating group) is 1. The van der Waals surface area contributed by atoms with Crippen LogP contribution >= 0.6 is 11.8 Å². The van der Waals surface area contributed by atoms with Crippen LogP contribution < -0.4 is 10.6 Å². The number of benzene rings is 1. The molecule has 0 saturated heterocycles. The molecule has 0 fully saturated rings. The molecule has 96 valence electrons. The third kappa shape index (κ3) is 3.93. The Bertz CT molecular complexity index is 344. The van der Waals surface area contributed by atoms with Crippen molar-refractivity contribution < 1.29 is 0 Å². The van der Waals surface area contributed by atoms with Gasteiger partial charge in [0.15, 0.2) is 0 Å². The molecule has 0 heterocycles. The summed E-state index contributed by atoms with van der Waals surface area (Å²) < 4.78 is 0. The van der Waals surface area contributed by atoms with Crippen LogP contribution in [0.3, 0.4) is 0 Å². The first-order chi connectivity index (χ1) is 7.86. The Labute approximate surface area is 110 Å². The Balaban J connectivity index is 2.80. The Morgan fingerprint density at radius 1 is 1.24 bits per heavy atom. The molecule has 0 atom stereocenters. The second-order valence-electron chi connectivity index (χ2n) is 5.24. The van der Waals surface area contributed by atoms with E-state index < -0.39 is 0 Å². The number of hydrogen-bond donors (Lipinski definition) is 1. The molecule has 0 aliphatic rings. The van der Waals surface area contributed by atoms with Gasteiger partial charge in [0, 0.05) is 35.0 Å². The SMILES string of the molecule is CC(C)Sc1ccc(N(C)C(C)(C)CN)cc1. The zero-order chi connectivity index (χ0) is 13.1. The molecule has 0 aromatic heterocycles. The first-order valence-electron chi connectivity index (χ1n) is 6.07. The van der Waals surface area contributed by atoms with E-state index in [0.717, 1.165) is 0 Å². The van der Waals surface area contributed by atoms with E-state index in [9.17, 15) is 0 Å². The molecule has 1 rings (SSSR count). The molecule has 17 heavy (non-hydrogen) atoms. The standard InChI is InChI=1S/C14H24N2S/c1-11(2)17-13-8-6-12(7-9-13)16(5)14(3,4)10-15/h6-9,11H,10,15H2,1-5H3. The molecule has 0 unspecified atom stereocenters. The fraction of sp³-hybridized carbons (Fsp3) is 0.571. The third-order valence-electron chi connectivity index (χ3n) is 3.00. The van der Waals surface area contributed by atoms with E-state index in [1.807, 2.05) is 11.8 Å². The zero-order valence-electron chi connectivity index (χ0n) is 11.5. The smallest absolute Gasteiger partial charge is 0.0464 e. The van der Waals surface area contributed by atoms with Crippen molar-refractivity contribution in [2.45, 2.75) is 43.4 Å². The molecule has 0 aliphatic carbocycles. The van der Waals surface area contributed by atoms with Gasteiger partial charge in [-0.15, -0.1) is 11.8 Å². The van der Waals surface area contributed by atoms with Crippen molar-refractivity contribution in [2.24, 2.45) is 5.73 Å². The molecule has 1 aromatic rings. The zero-order valence-corrected chi connectivity index (χ0v) is 12.3. The minimum Gasteiger partial charge on any atom is -0.368 e. The number of hydrogen-bond acceptors (Lipinski definition) is 3. The Morgan fingerprint density at radius 2 is 1.76 bits per heavy atom. The summed E-state index contributed by atoms with van der Waals surface area (Å²) in [6.45, 7) is 9.38. The molecular formula is C14H24N2S. The molecule has 2 N–H and O–H groups in total. The highest BCUT2D eigenvalue weighted by molar-refractivity contribution is 7.99. The summed E-state index contributed by atoms with van der Waals surface area (Å²) in [5, 5.41) is 0.624. The summed E-state index contributed by atoms with van der Waals surface area (Å²) >= 11 is 1.89. The largest absolute Gasteiger partial charge is 0.368 e. The topological polar surface area (TPSA) is 29.3 Å². The Kier molecular flexibility index (Phi) is 4.90. The lowest BCUT2D eigenvalue weighted by Crippen LogP contribution is -2.47. The molecule has 0 amide bonds. The first-order valence-corrected chi connectivity index (χ1v) is 6.95. The molecule has 0 radical (unpaired) electrons. The summed E-state index contributed by atoms with van der Waals surface area (Å²) in [6, 6.07) is 8.70. The summed E-state index contributed by atoms with van der Waals surface area (Å²) in [4.78, 5) is 3.55. The van der Waals surface area contributed by atoms with Gasteiger partial charge in [-0.2, -0.15) is 0 Å². The Morgan fingerprint density at radius 3 is 2.18 bits per heavy atom. The van der Waals surface area contributed by atoms with Crippen LogP contribution in [0.5, 0.6) is 0 Å². The van der Waals surface area contributed by atoms with Crippen molar-refractivity contribution in [3.05, 3.63) is 24.3 Å². The van der Waals surface area contributed by atoms with Crippen molar-refractivity contribution in [1.82, 2.24) is 0 Å². The van der Waals surface area contributed by atoms with Crippen LogP contribution in [0.4, 0.5) is 5.69 Å². The van der Waals surface area contributed by atoms with Crippen molar-refractivity contribution in [1.29, 1.82) is 0 Å². The van der Waals surface area contributed by atoms with E-state index in [0.29, 0.717) is 11.8 Å². The van der Waals surface area contributed by atoms with Crippen molar-refractivity contribution in [2.75, 3.05) is 18.5 Å². The van der Waals surface area contributed by atoms with Crippen LogP contribution in [0.2, 0.25) is 0 Å². The van der Waals surface area contributed by atoms with E-state index >= 15 is 0 Å². The van der Waals surface area contributed by atoms with Crippen molar-refractivity contribution in [3.63, 3.8) is 0 Å². The number of thioether (sulfide) groups is 1. The molecule has 0 aliphatic heterocycles. The van der Waals surface area contributed by atoms with Crippen LogP contribution in [0, 0.1) is 0 Å². The lowest BCUT2D eigenvalue weighted by atomic mass is 10.0. The maximum absolute atomic E-state index is 5.79. The average Bonchev–Trinajstić information content (AvgIpc) is 2.28. The molecule has 2 nitrogen and oxygen atoms in total. The minimum atomic E-state index is -0.00723. The maximum Gasteiger partial charge on any atom is 0.0464 e. The van der Waals surface area contributed by atoms with Crippen LogP contribution in [0.25, 0.3) is 0 Å². The second kappa shape index (κ2) is 5.78. The highest BCUT2D eigenvalue weighted by Gasteiger charge is 2.21. The van der Waals surface area contributed by atoms with Gasteiger partial charge < -0.3 is 10.6 Å². The number of nitrogens with zero attached hydrogens (tertiary/aromatic N) is 1. The minimum absolute atomic E-state index is 0.00723. The van der Waals surface area contributed by atoms with Crippen LogP contribution in [0.1, 0.15) is 27.7 Å². The van der Waals surface area contributed by atoms with Crippen LogP contribution in [-0.2, 0) is 0 Å². The lowest BCUT2D eigenvalue weighted by Gasteiger charge is -2.36. The third-order valence-corrected chi connectivity index (χ3v) is 4.02. The number of anilines is 1. The summed E-state index contributed by atoms with van der Waals surface area (Å²) in [6.07, 6.45) is 0. The fourth-order valence-electron chi connectivity index (χ4n) is 1.51. The quantitative estimate of drug-likeness (QED) is 0.815. The van der Waals surface area contributed by atoms with E-state index in [-0.39, 0.29) is 5.54 Å². The molecule has 0 saturated carbocycles. The monoisotopic (exact) mass is 252 g/mol. The van der Waals surface area contributed by atoms with Gasteiger partial charge >= 0.3 is 0 Å². The van der Waals surface area contributed by atoms with Gasteiger partial charge in [0.25, 0.3) is 0 Å². The highest BCUT2D eigenvalue weighted by Crippen LogP contribution is 2.27. The number of nitrogens with two attached hydrogens (primary N) is 1. The van der Waals surface area contributed by atoms with E-state index in [1.165, 1.54) is 10.6 Å². The molecule has 0 bridgehead atoms. The highest BCUT2D eigenvalue weighted by atomic mass is 32.2. The van der Waals surface area contributed by atoms with Crippen molar-refractivity contribution >= 4 is 17.4 Å². The average molecular weight is 252 g/mol. The van der Waals surface area contributed by atoms with Gasteiger partial charge in [0.2, 0.25) is 0 Å². The molecule has 3 heteroatoms. The van der Waals surface area contributed by atoms with Gasteiger partial charge in [0.05, 0.1) is 0 Å². The van der Waals surface area contributed by atoms with Gasteiger partial charge in [0.1, 0.15) is 0 Å². The van der Waals surface area contributed by atoms with Gasteiger partial charge in [-0.05, 0) is 38.1 Å². The van der Waals surface area contributed by atoms with E-state index in [1.54, 1.807) is 0 Å². The van der Waals surface area contributed by atoms with Gasteiger partial charge in [-0.1, -0.05) is 13.8 Å². The molecular weight excluding hydrogens is 228 g/mol. The van der Waals surface area contributed by atoms with Gasteiger partial charge in [-0.3, -0.25) is 0 Å². The van der Waals surface area contributed by atoms with Crippen molar-refractivity contribution in [3.8, 4) is 0 Å². The molecule has 1 aromatic carbocycles. The predicted octanol–water partition coefficient (Wildman–Crippen LogP) is 3.36. The molecule has 0 spiro atoms. The van der Waals surface area contributed by atoms with Gasteiger partial charge in [-0.25, -0.2) is 0 Å². The summed E-state index contributed by atoms with van der Waals surface area (Å²) in [5.41, 5.74) is 7.00. The summed E-state index contributed by atoms with van der Waals surface area (Å²) in [5.74, 6) is 0. The second-order valence-corrected chi connectivity index (χ2v) is 6.89. The van der Waals surface area contributed by atoms with E-state index in [2.05, 4.69) is 63.9 Å². The predicted molar refractivity (Wildman–Crippen MR) is 79.0 cm³/mol. The maximum atomic E-state index is 5.79. The Hall–Kier alpha value is -0.670. The summed E-state index contributed by atoms with van der Waals surface area (Å²) in [7, 11) is 2.09. The van der Waals surface area contributed by atoms with E-state index in [4.69, 9.17) is 5.73 Å². The first kappa shape index (κ1) is 14.4.